The minimum absolute atomic E-state index is 0.0691. The van der Waals surface area contributed by atoms with Crippen LogP contribution in [0.4, 0.5) is 0 Å². The maximum atomic E-state index is 13.3. The normalized spacial score (nSPS) is 22.1. The second-order valence-electron chi connectivity index (χ2n) is 9.26. The number of amides is 1. The van der Waals surface area contributed by atoms with E-state index in [1.807, 2.05) is 11.8 Å². The zero-order valence-corrected chi connectivity index (χ0v) is 21.0. The van der Waals surface area contributed by atoms with Gasteiger partial charge in [0.1, 0.15) is 0 Å². The van der Waals surface area contributed by atoms with E-state index in [0.29, 0.717) is 76.3 Å². The van der Waals surface area contributed by atoms with Crippen LogP contribution in [0.1, 0.15) is 39.0 Å². The Bertz CT molecular complexity index is 1210. The fraction of sp³-hybridized carbons (Fsp3) is 0.652. The van der Waals surface area contributed by atoms with Crippen molar-refractivity contribution in [3.05, 3.63) is 27.9 Å². The van der Waals surface area contributed by atoms with Crippen molar-refractivity contribution in [2.45, 2.75) is 56.3 Å². The lowest BCUT2D eigenvalue weighted by Gasteiger charge is -2.40. The molecule has 0 atom stereocenters. The number of carbonyl (C=O) groups is 1. The van der Waals surface area contributed by atoms with Crippen molar-refractivity contribution >= 4 is 37.5 Å². The molecule has 0 bridgehead atoms. The molecule has 9 nitrogen and oxygen atoms in total. The van der Waals surface area contributed by atoms with Crippen LogP contribution in [0.15, 0.2) is 27.9 Å². The van der Waals surface area contributed by atoms with Gasteiger partial charge in [-0.25, -0.2) is 8.42 Å². The average Bonchev–Trinajstić information content (AvgIpc) is 3.43. The van der Waals surface area contributed by atoms with Crippen LogP contribution in [0.25, 0.3) is 10.2 Å². The van der Waals surface area contributed by atoms with Crippen molar-refractivity contribution in [1.82, 2.24) is 13.8 Å². The van der Waals surface area contributed by atoms with Gasteiger partial charge in [0, 0.05) is 51.5 Å². The molecule has 5 rings (SSSR count). The Labute approximate surface area is 203 Å². The van der Waals surface area contributed by atoms with Crippen molar-refractivity contribution in [2.24, 2.45) is 5.92 Å². The summed E-state index contributed by atoms with van der Waals surface area (Å²) in [6.45, 7) is 5.68. The predicted molar refractivity (Wildman–Crippen MR) is 128 cm³/mol. The standard InChI is InChI=1S/C23H31N3O6S2/c1-2-9-26-19-4-3-18(16-20(19)33-22(26)28)34(29,30)25-10-5-17(6-11-25)21(27)24-12-7-23(8-13-24)31-14-15-32-23/h3-4,16-17H,2,5-15H2,1H3. The van der Waals surface area contributed by atoms with Crippen LogP contribution in [-0.4, -0.2) is 73.3 Å². The number of sulfonamides is 1. The van der Waals surface area contributed by atoms with E-state index in [2.05, 4.69) is 0 Å². The number of aromatic nitrogens is 1. The Morgan fingerprint density at radius 1 is 1.12 bits per heavy atom. The molecule has 1 spiro atoms. The van der Waals surface area contributed by atoms with Crippen LogP contribution in [0.3, 0.4) is 0 Å². The van der Waals surface area contributed by atoms with E-state index in [1.165, 1.54) is 4.31 Å². The first-order valence-electron chi connectivity index (χ1n) is 12.0. The number of hydrogen-bond donors (Lipinski definition) is 0. The second-order valence-corrected chi connectivity index (χ2v) is 12.2. The van der Waals surface area contributed by atoms with E-state index in [9.17, 15) is 18.0 Å². The Hall–Kier alpha value is -1.79. The summed E-state index contributed by atoms with van der Waals surface area (Å²) in [5.41, 5.74) is 0.775. The fourth-order valence-corrected chi connectivity index (χ4v) is 7.77. The van der Waals surface area contributed by atoms with Gasteiger partial charge < -0.3 is 14.4 Å². The van der Waals surface area contributed by atoms with E-state index in [0.717, 1.165) is 23.3 Å². The molecule has 3 fully saturated rings. The number of piperidine rings is 2. The summed E-state index contributed by atoms with van der Waals surface area (Å²) in [6, 6.07) is 4.92. The molecule has 3 saturated heterocycles. The van der Waals surface area contributed by atoms with Gasteiger partial charge in [-0.2, -0.15) is 4.31 Å². The molecule has 0 N–H and O–H groups in total. The average molecular weight is 510 g/mol. The van der Waals surface area contributed by atoms with E-state index in [4.69, 9.17) is 9.47 Å². The van der Waals surface area contributed by atoms with Gasteiger partial charge in [0.25, 0.3) is 0 Å². The molecule has 3 aliphatic heterocycles. The van der Waals surface area contributed by atoms with E-state index >= 15 is 0 Å². The van der Waals surface area contributed by atoms with Gasteiger partial charge in [-0.1, -0.05) is 18.3 Å². The van der Waals surface area contributed by atoms with Crippen LogP contribution < -0.4 is 4.87 Å². The number of thiazole rings is 1. The number of rotatable bonds is 5. The molecular formula is C23H31N3O6S2. The molecule has 186 valence electrons. The highest BCUT2D eigenvalue weighted by molar-refractivity contribution is 7.89. The number of likely N-dealkylation sites (tertiary alicyclic amines) is 1. The lowest BCUT2D eigenvalue weighted by Crippen LogP contribution is -2.50. The highest BCUT2D eigenvalue weighted by Gasteiger charge is 2.42. The Kier molecular flexibility index (Phi) is 6.58. The topological polar surface area (TPSA) is 98.2 Å². The minimum atomic E-state index is -3.69. The summed E-state index contributed by atoms with van der Waals surface area (Å²) in [4.78, 5) is 27.3. The molecule has 1 aromatic heterocycles. The van der Waals surface area contributed by atoms with Crippen LogP contribution in [0.5, 0.6) is 0 Å². The first-order chi connectivity index (χ1) is 16.3. The lowest BCUT2D eigenvalue weighted by molar-refractivity contribution is -0.188. The van der Waals surface area contributed by atoms with Gasteiger partial charge in [0.2, 0.25) is 15.9 Å². The molecule has 0 saturated carbocycles. The van der Waals surface area contributed by atoms with Crippen molar-refractivity contribution in [3.63, 3.8) is 0 Å². The maximum absolute atomic E-state index is 13.3. The fourth-order valence-electron chi connectivity index (χ4n) is 5.25. The molecule has 0 aliphatic carbocycles. The minimum Gasteiger partial charge on any atom is -0.347 e. The molecule has 3 aliphatic rings. The second kappa shape index (κ2) is 9.34. The molecular weight excluding hydrogens is 478 g/mol. The molecule has 4 heterocycles. The first-order valence-corrected chi connectivity index (χ1v) is 14.3. The molecule has 34 heavy (non-hydrogen) atoms. The van der Waals surface area contributed by atoms with Gasteiger partial charge in [0.05, 0.1) is 28.3 Å². The summed E-state index contributed by atoms with van der Waals surface area (Å²) in [5, 5.41) is 0. The largest absolute Gasteiger partial charge is 0.347 e. The van der Waals surface area contributed by atoms with E-state index in [1.54, 1.807) is 22.8 Å². The molecule has 0 radical (unpaired) electrons. The van der Waals surface area contributed by atoms with Crippen molar-refractivity contribution < 1.29 is 22.7 Å². The number of benzene rings is 1. The third-order valence-corrected chi connectivity index (χ3v) is 10.0. The SMILES string of the molecule is CCCn1c(=O)sc2cc(S(=O)(=O)N3CCC(C(=O)N4CCC5(CC4)OCCO5)CC3)ccc21. The third kappa shape index (κ3) is 4.32. The predicted octanol–water partition coefficient (Wildman–Crippen LogP) is 2.24. The summed E-state index contributed by atoms with van der Waals surface area (Å²) in [6.07, 6.45) is 3.21. The van der Waals surface area contributed by atoms with Crippen LogP contribution in [0.2, 0.25) is 0 Å². The quantitative estimate of drug-likeness (QED) is 0.613. The summed E-state index contributed by atoms with van der Waals surface area (Å²) in [5.74, 6) is -0.573. The van der Waals surface area contributed by atoms with Crippen molar-refractivity contribution in [2.75, 3.05) is 39.4 Å². The summed E-state index contributed by atoms with van der Waals surface area (Å²) < 4.78 is 41.9. The number of carbonyl (C=O) groups excluding carboxylic acids is 1. The van der Waals surface area contributed by atoms with E-state index < -0.39 is 15.8 Å². The molecule has 1 aromatic carbocycles. The number of fused-ring (bicyclic) bond motifs is 1. The van der Waals surface area contributed by atoms with Gasteiger partial charge >= 0.3 is 4.87 Å². The van der Waals surface area contributed by atoms with E-state index in [-0.39, 0.29) is 21.6 Å². The first kappa shape index (κ1) is 23.9. The zero-order chi connectivity index (χ0) is 23.9. The summed E-state index contributed by atoms with van der Waals surface area (Å²) >= 11 is 1.08. The Morgan fingerprint density at radius 2 is 1.79 bits per heavy atom. The highest BCUT2D eigenvalue weighted by Crippen LogP contribution is 2.33. The van der Waals surface area contributed by atoms with Gasteiger partial charge in [0.15, 0.2) is 5.79 Å². The molecule has 11 heteroatoms. The number of aryl methyl sites for hydroxylation is 1. The van der Waals surface area contributed by atoms with Gasteiger partial charge in [-0.15, -0.1) is 0 Å². The lowest BCUT2D eigenvalue weighted by atomic mass is 9.94. The molecule has 1 amide bonds. The smallest absolute Gasteiger partial charge is 0.308 e. The van der Waals surface area contributed by atoms with Crippen molar-refractivity contribution in [1.29, 1.82) is 0 Å². The molecule has 0 unspecified atom stereocenters. The van der Waals surface area contributed by atoms with Crippen molar-refractivity contribution in [3.8, 4) is 0 Å². The van der Waals surface area contributed by atoms with Crippen LogP contribution in [0, 0.1) is 5.92 Å². The van der Waals surface area contributed by atoms with Gasteiger partial charge in [-0.3, -0.25) is 14.2 Å². The maximum Gasteiger partial charge on any atom is 0.308 e. The van der Waals surface area contributed by atoms with Gasteiger partial charge in [-0.05, 0) is 37.5 Å². The van der Waals surface area contributed by atoms with Crippen LogP contribution >= 0.6 is 11.3 Å². The molecule has 2 aromatic rings. The van der Waals surface area contributed by atoms with Crippen LogP contribution in [-0.2, 0) is 30.8 Å². The monoisotopic (exact) mass is 509 g/mol. The zero-order valence-electron chi connectivity index (χ0n) is 19.4. The number of nitrogens with zero attached hydrogens (tertiary/aromatic N) is 3. The Balaban J connectivity index is 1.22. The Morgan fingerprint density at radius 3 is 2.44 bits per heavy atom. The number of hydrogen-bond acceptors (Lipinski definition) is 7. The number of ether oxygens (including phenoxy) is 2. The highest BCUT2D eigenvalue weighted by atomic mass is 32.2. The third-order valence-electron chi connectivity index (χ3n) is 7.18. The summed E-state index contributed by atoms with van der Waals surface area (Å²) in [7, 11) is -3.69.